The molecule has 0 bridgehead atoms. The molecule has 1 unspecified atom stereocenters. The van der Waals surface area contributed by atoms with E-state index in [1.165, 1.54) is 0 Å². The van der Waals surface area contributed by atoms with Crippen molar-refractivity contribution in [3.8, 4) is 11.8 Å². The van der Waals surface area contributed by atoms with Crippen LogP contribution in [0.15, 0.2) is 42.6 Å². The van der Waals surface area contributed by atoms with Crippen LogP contribution in [-0.2, 0) is 12.4 Å². The van der Waals surface area contributed by atoms with Crippen LogP contribution in [0.5, 0.6) is 5.75 Å². The van der Waals surface area contributed by atoms with Crippen LogP contribution in [0.1, 0.15) is 16.7 Å². The van der Waals surface area contributed by atoms with Crippen molar-refractivity contribution in [1.29, 1.82) is 10.7 Å². The Bertz CT molecular complexity index is 1190. The van der Waals surface area contributed by atoms with Gasteiger partial charge in [0.1, 0.15) is 11.9 Å². The number of anilines is 1. The molecule has 0 aliphatic carbocycles. The molecule has 0 saturated heterocycles. The minimum Gasteiger partial charge on any atom is -0.409 e. The van der Waals surface area contributed by atoms with Gasteiger partial charge in [0.2, 0.25) is 0 Å². The van der Waals surface area contributed by atoms with Crippen molar-refractivity contribution in [2.75, 3.05) is 18.6 Å². The number of rotatable bonds is 7. The van der Waals surface area contributed by atoms with Crippen molar-refractivity contribution in [3.63, 3.8) is 0 Å². The van der Waals surface area contributed by atoms with E-state index >= 15 is 0 Å². The first-order valence-corrected chi connectivity index (χ1v) is 9.74. The van der Waals surface area contributed by atoms with E-state index < -0.39 is 64.9 Å². The quantitative estimate of drug-likeness (QED) is 0.355. The number of carbonyl (C=O) groups is 1. The van der Waals surface area contributed by atoms with Crippen LogP contribution in [-0.4, -0.2) is 37.1 Å². The number of aliphatic hydroxyl groups excluding tert-OH is 1. The number of aliphatic hydroxyl groups is 1. The van der Waals surface area contributed by atoms with Crippen molar-refractivity contribution in [2.45, 2.75) is 18.4 Å². The molecule has 3 N–H and O–H groups in total. The average molecular weight is 518 g/mol. The van der Waals surface area contributed by atoms with Crippen LogP contribution < -0.4 is 15.0 Å². The number of nitrogens with one attached hydrogen (secondary N) is 2. The van der Waals surface area contributed by atoms with E-state index in [1.807, 2.05) is 0 Å². The lowest BCUT2D eigenvalue weighted by Crippen LogP contribution is -2.31. The average Bonchev–Trinajstić information content (AvgIpc) is 2.81. The zero-order valence-corrected chi connectivity index (χ0v) is 18.2. The summed E-state index contributed by atoms with van der Waals surface area (Å²) in [7, 11) is 1.07. The van der Waals surface area contributed by atoms with Crippen LogP contribution in [0, 0.1) is 22.6 Å². The third-order valence-corrected chi connectivity index (χ3v) is 4.64. The minimum absolute atomic E-state index is 0.00675. The lowest BCUT2D eigenvalue weighted by molar-refractivity contribution is -0.143. The summed E-state index contributed by atoms with van der Waals surface area (Å²) in [5.74, 6) is -2.01. The van der Waals surface area contributed by atoms with Gasteiger partial charge in [-0.2, -0.15) is 31.6 Å². The summed E-state index contributed by atoms with van der Waals surface area (Å²) in [6.45, 7) is -0.765. The molecule has 0 radical (unpaired) electrons. The number of carbonyl (C=O) groups excluding carboxylic acids is 1. The molecule has 1 atom stereocenters. The lowest BCUT2D eigenvalue weighted by atomic mass is 9.98. The summed E-state index contributed by atoms with van der Waals surface area (Å²) in [6, 6.07) is 4.41. The third kappa shape index (κ3) is 6.72. The van der Waals surface area contributed by atoms with Gasteiger partial charge in [0.25, 0.3) is 0 Å². The van der Waals surface area contributed by atoms with Crippen LogP contribution >= 0.6 is 0 Å². The highest BCUT2D eigenvalue weighted by Gasteiger charge is 2.41. The van der Waals surface area contributed by atoms with Crippen molar-refractivity contribution >= 4 is 23.6 Å². The standard InChI is InChI=1S/C22H17F7N4O3/c1-33(16-4-2-14(23)3-5-16)20(35)36-19-17(12(8-30)10-32-15(9-31)11-34)6-13(21(24,25)26)7-18(19)22(27,28)29/h2-8,10,15,30,32,34H,11H2,1H3/b12-10+,30-8?. The minimum atomic E-state index is -5.43. The molecule has 0 aromatic heterocycles. The third-order valence-electron chi connectivity index (χ3n) is 4.64. The Morgan fingerprint density at radius 2 is 1.81 bits per heavy atom. The normalized spacial score (nSPS) is 12.9. The number of allylic oxidation sites excluding steroid dienone is 1. The van der Waals surface area contributed by atoms with Crippen molar-refractivity contribution < 1.29 is 45.4 Å². The summed E-state index contributed by atoms with van der Waals surface area (Å²) in [4.78, 5) is 13.3. The van der Waals surface area contributed by atoms with Crippen molar-refractivity contribution in [2.24, 2.45) is 0 Å². The summed E-state index contributed by atoms with van der Waals surface area (Å²) < 4.78 is 99.8. The molecule has 7 nitrogen and oxygen atoms in total. The molecule has 0 aliphatic rings. The summed E-state index contributed by atoms with van der Waals surface area (Å²) in [6.07, 6.45) is -11.0. The maximum atomic E-state index is 13.8. The number of ether oxygens (including phenoxy) is 1. The molecule has 14 heteroatoms. The first-order valence-electron chi connectivity index (χ1n) is 9.74. The molecule has 0 fully saturated rings. The van der Waals surface area contributed by atoms with Gasteiger partial charge in [-0.1, -0.05) is 0 Å². The van der Waals surface area contributed by atoms with Crippen molar-refractivity contribution in [3.05, 3.63) is 65.1 Å². The van der Waals surface area contributed by atoms with Gasteiger partial charge in [-0.25, -0.2) is 9.18 Å². The Morgan fingerprint density at radius 1 is 1.19 bits per heavy atom. The number of hydrogen-bond acceptors (Lipinski definition) is 6. The van der Waals surface area contributed by atoms with Crippen LogP contribution in [0.3, 0.4) is 0 Å². The van der Waals surface area contributed by atoms with Gasteiger partial charge in [0, 0.05) is 36.3 Å². The molecule has 36 heavy (non-hydrogen) atoms. The van der Waals surface area contributed by atoms with E-state index in [0.717, 1.165) is 37.5 Å². The molecule has 2 aromatic rings. The van der Waals surface area contributed by atoms with E-state index in [4.69, 9.17) is 20.5 Å². The molecule has 2 aromatic carbocycles. The molecular weight excluding hydrogens is 501 g/mol. The number of amides is 1. The fraction of sp³-hybridized carbons (Fsp3) is 0.227. The molecule has 0 spiro atoms. The van der Waals surface area contributed by atoms with E-state index in [2.05, 4.69) is 5.32 Å². The van der Waals surface area contributed by atoms with Gasteiger partial charge in [0.05, 0.1) is 23.8 Å². The summed E-state index contributed by atoms with van der Waals surface area (Å²) in [5.41, 5.74) is -5.29. The van der Waals surface area contributed by atoms with E-state index in [9.17, 15) is 35.5 Å². The smallest absolute Gasteiger partial charge is 0.409 e. The van der Waals surface area contributed by atoms with E-state index in [-0.39, 0.29) is 17.8 Å². The second-order valence-corrected chi connectivity index (χ2v) is 7.07. The second-order valence-electron chi connectivity index (χ2n) is 7.07. The number of nitrogens with zero attached hydrogens (tertiary/aromatic N) is 2. The molecule has 192 valence electrons. The van der Waals surface area contributed by atoms with Gasteiger partial charge in [0.15, 0.2) is 5.75 Å². The predicted molar refractivity (Wildman–Crippen MR) is 114 cm³/mol. The number of halogens is 7. The Balaban J connectivity index is 2.72. The first kappa shape index (κ1) is 28.1. The monoisotopic (exact) mass is 518 g/mol. The largest absolute Gasteiger partial charge is 0.420 e. The molecule has 0 aliphatic heterocycles. The number of benzene rings is 2. The first-order chi connectivity index (χ1) is 16.7. The maximum Gasteiger partial charge on any atom is 0.420 e. The Hall–Kier alpha value is -4.12. The van der Waals surface area contributed by atoms with Crippen LogP contribution in [0.25, 0.3) is 5.57 Å². The highest BCUT2D eigenvalue weighted by Crippen LogP contribution is 2.44. The highest BCUT2D eigenvalue weighted by molar-refractivity contribution is 6.10. The number of hydrogen-bond donors (Lipinski definition) is 3. The van der Waals surface area contributed by atoms with Crippen LogP contribution in [0.2, 0.25) is 0 Å². The number of nitriles is 1. The fourth-order valence-corrected chi connectivity index (χ4v) is 2.77. The maximum absolute atomic E-state index is 13.8. The van der Waals surface area contributed by atoms with Crippen molar-refractivity contribution in [1.82, 2.24) is 5.32 Å². The lowest BCUT2D eigenvalue weighted by Gasteiger charge is -2.22. The predicted octanol–water partition coefficient (Wildman–Crippen LogP) is 4.96. The van der Waals surface area contributed by atoms with Crippen LogP contribution in [0.4, 0.5) is 41.2 Å². The van der Waals surface area contributed by atoms with E-state index in [1.54, 1.807) is 6.07 Å². The summed E-state index contributed by atoms with van der Waals surface area (Å²) in [5, 5.41) is 27.7. The van der Waals surface area contributed by atoms with Gasteiger partial charge >= 0.3 is 18.4 Å². The fourth-order valence-electron chi connectivity index (χ4n) is 2.77. The van der Waals surface area contributed by atoms with Gasteiger partial charge in [-0.3, -0.25) is 4.90 Å². The van der Waals surface area contributed by atoms with Gasteiger partial charge in [-0.15, -0.1) is 0 Å². The molecular formula is C22H17F7N4O3. The number of alkyl halides is 6. The summed E-state index contributed by atoms with van der Waals surface area (Å²) >= 11 is 0. The Kier molecular flexibility index (Phi) is 8.66. The Labute approximate surface area is 199 Å². The van der Waals surface area contributed by atoms with E-state index in [0.29, 0.717) is 11.1 Å². The zero-order valence-electron chi connectivity index (χ0n) is 18.2. The Morgan fingerprint density at radius 3 is 2.28 bits per heavy atom. The SMILES string of the molecule is CN(C(=O)Oc1c(/C(C=N)=C/NC(C#N)CO)cc(C(F)(F)F)cc1C(F)(F)F)c1ccc(F)cc1. The second kappa shape index (κ2) is 11.1. The molecule has 0 heterocycles. The topological polar surface area (TPSA) is 109 Å². The molecule has 2 rings (SSSR count). The highest BCUT2D eigenvalue weighted by atomic mass is 19.4. The van der Waals surface area contributed by atoms with Gasteiger partial charge < -0.3 is 20.6 Å². The van der Waals surface area contributed by atoms with Gasteiger partial charge in [-0.05, 0) is 36.4 Å². The zero-order chi connectivity index (χ0) is 27.3. The molecule has 0 saturated carbocycles. The molecule has 1 amide bonds.